The van der Waals surface area contributed by atoms with Crippen molar-refractivity contribution in [2.75, 3.05) is 13.7 Å². The molecule has 3 aromatic rings. The Morgan fingerprint density at radius 2 is 1.79 bits per heavy atom. The van der Waals surface area contributed by atoms with Crippen LogP contribution in [-0.4, -0.2) is 39.7 Å². The van der Waals surface area contributed by atoms with E-state index in [1.165, 1.54) is 0 Å². The van der Waals surface area contributed by atoms with Gasteiger partial charge in [-0.3, -0.25) is 9.36 Å². The van der Waals surface area contributed by atoms with E-state index >= 15 is 0 Å². The molecule has 7 heteroatoms. The number of carbonyl (C=O) groups excluding carboxylic acids is 1. The molecule has 0 radical (unpaired) electrons. The highest BCUT2D eigenvalue weighted by Gasteiger charge is 2.28. The lowest BCUT2D eigenvalue weighted by atomic mass is 10.1. The Balaban J connectivity index is 2.17. The number of rotatable bonds is 8. The Hall–Kier alpha value is -3.35. The molecule has 0 bridgehead atoms. The van der Waals surface area contributed by atoms with Crippen molar-refractivity contribution in [2.45, 2.75) is 65.5 Å². The van der Waals surface area contributed by atoms with Crippen molar-refractivity contribution in [3.63, 3.8) is 0 Å². The van der Waals surface area contributed by atoms with Gasteiger partial charge in [-0.05, 0) is 70.5 Å². The smallest absolute Gasteiger partial charge is 0.318 e. The number of hydrogen-bond donors (Lipinski definition) is 1. The fourth-order valence-electron chi connectivity index (χ4n) is 3.95. The van der Waals surface area contributed by atoms with Crippen LogP contribution in [0.2, 0.25) is 0 Å². The van der Waals surface area contributed by atoms with E-state index in [9.17, 15) is 9.59 Å². The van der Waals surface area contributed by atoms with Crippen LogP contribution < -0.4 is 15.6 Å². The largest absolute Gasteiger partial charge is 0.497 e. The third-order valence-electron chi connectivity index (χ3n) is 5.72. The average Bonchev–Trinajstić information content (AvgIpc) is 2.80. The van der Waals surface area contributed by atoms with Crippen LogP contribution in [0.5, 0.6) is 5.75 Å². The lowest BCUT2D eigenvalue weighted by molar-refractivity contribution is 0.166. The van der Waals surface area contributed by atoms with E-state index in [4.69, 9.17) is 9.72 Å². The monoisotopic (exact) mass is 464 g/mol. The maximum absolute atomic E-state index is 13.7. The second kappa shape index (κ2) is 10.7. The number of ether oxygens (including phenoxy) is 1. The zero-order valence-electron chi connectivity index (χ0n) is 21.1. The molecule has 0 aliphatic heterocycles. The lowest BCUT2D eigenvalue weighted by Gasteiger charge is -2.33. The number of aromatic nitrogens is 2. The topological polar surface area (TPSA) is 76.5 Å². The molecule has 1 aromatic heterocycles. The lowest BCUT2D eigenvalue weighted by Crippen LogP contribution is -2.50. The normalized spacial score (nSPS) is 12.4. The second-order valence-corrected chi connectivity index (χ2v) is 9.58. The SMILES string of the molecule is CCCCCN(C(=O)NC(C)(C)C)C(C)c1nc2ccccc2c(=O)n1-c1ccc(OC)cc1. The van der Waals surface area contributed by atoms with Crippen LogP contribution in [0.15, 0.2) is 53.3 Å². The number of amides is 2. The van der Waals surface area contributed by atoms with Gasteiger partial charge >= 0.3 is 6.03 Å². The van der Waals surface area contributed by atoms with Crippen molar-refractivity contribution in [3.05, 3.63) is 64.7 Å². The van der Waals surface area contributed by atoms with Crippen molar-refractivity contribution in [3.8, 4) is 11.4 Å². The first-order valence-corrected chi connectivity index (χ1v) is 11.9. The van der Waals surface area contributed by atoms with Gasteiger partial charge in [0.2, 0.25) is 0 Å². The molecule has 1 heterocycles. The van der Waals surface area contributed by atoms with Crippen molar-refractivity contribution < 1.29 is 9.53 Å². The molecule has 2 amide bonds. The summed E-state index contributed by atoms with van der Waals surface area (Å²) in [6, 6.07) is 14.0. The molecular weight excluding hydrogens is 428 g/mol. The minimum atomic E-state index is -0.432. The Labute approximate surface area is 201 Å². The summed E-state index contributed by atoms with van der Waals surface area (Å²) in [6.07, 6.45) is 2.94. The molecule has 3 rings (SSSR count). The van der Waals surface area contributed by atoms with Crippen LogP contribution in [0.1, 0.15) is 65.7 Å². The zero-order valence-corrected chi connectivity index (χ0v) is 21.1. The van der Waals surface area contributed by atoms with Gasteiger partial charge in [-0.1, -0.05) is 31.9 Å². The number of methoxy groups -OCH3 is 1. The highest BCUT2D eigenvalue weighted by atomic mass is 16.5. The molecule has 1 unspecified atom stereocenters. The first-order chi connectivity index (χ1) is 16.2. The van der Waals surface area contributed by atoms with Gasteiger partial charge in [0, 0.05) is 12.1 Å². The minimum absolute atomic E-state index is 0.164. The van der Waals surface area contributed by atoms with Crippen LogP contribution in [0, 0.1) is 0 Å². The predicted octanol–water partition coefficient (Wildman–Crippen LogP) is 5.46. The molecule has 34 heavy (non-hydrogen) atoms. The standard InChI is InChI=1S/C27H36N4O3/c1-7-8-11-18-30(26(33)29-27(3,4)5)19(2)24-28-23-13-10-9-12-22(23)25(32)31(24)20-14-16-21(34-6)17-15-20/h9-10,12-17,19H,7-8,11,18H2,1-6H3,(H,29,33). The number of benzene rings is 2. The second-order valence-electron chi connectivity index (χ2n) is 9.58. The highest BCUT2D eigenvalue weighted by molar-refractivity contribution is 5.78. The zero-order chi connectivity index (χ0) is 24.9. The van der Waals surface area contributed by atoms with Gasteiger partial charge in [0.05, 0.1) is 29.7 Å². The van der Waals surface area contributed by atoms with Crippen molar-refractivity contribution in [1.29, 1.82) is 0 Å². The van der Waals surface area contributed by atoms with Crippen LogP contribution in [0.3, 0.4) is 0 Å². The summed E-state index contributed by atoms with van der Waals surface area (Å²) in [5.41, 5.74) is 0.744. The van der Waals surface area contributed by atoms with E-state index in [2.05, 4.69) is 12.2 Å². The molecule has 7 nitrogen and oxygen atoms in total. The fourth-order valence-corrected chi connectivity index (χ4v) is 3.95. The number of unbranched alkanes of at least 4 members (excludes halogenated alkanes) is 2. The number of urea groups is 1. The van der Waals surface area contributed by atoms with Crippen molar-refractivity contribution >= 4 is 16.9 Å². The van der Waals surface area contributed by atoms with Crippen molar-refractivity contribution in [1.82, 2.24) is 19.8 Å². The predicted molar refractivity (Wildman–Crippen MR) is 137 cm³/mol. The maximum Gasteiger partial charge on any atom is 0.318 e. The Kier molecular flexibility index (Phi) is 7.97. The number of hydrogen-bond acceptors (Lipinski definition) is 4. The van der Waals surface area contributed by atoms with E-state index < -0.39 is 6.04 Å². The van der Waals surface area contributed by atoms with Gasteiger partial charge < -0.3 is 15.0 Å². The number of nitrogens with zero attached hydrogens (tertiary/aromatic N) is 3. The summed E-state index contributed by atoms with van der Waals surface area (Å²) in [4.78, 5) is 33.7. The summed E-state index contributed by atoms with van der Waals surface area (Å²) in [7, 11) is 1.61. The molecular formula is C27H36N4O3. The number of carbonyl (C=O) groups is 1. The number of para-hydroxylation sites is 1. The molecule has 2 aromatic carbocycles. The van der Waals surface area contributed by atoms with Crippen LogP contribution in [-0.2, 0) is 0 Å². The third kappa shape index (κ3) is 5.76. The van der Waals surface area contributed by atoms with Crippen LogP contribution in [0.25, 0.3) is 16.6 Å². The Morgan fingerprint density at radius 3 is 2.41 bits per heavy atom. The number of nitrogens with one attached hydrogen (secondary N) is 1. The van der Waals surface area contributed by atoms with Crippen LogP contribution in [0.4, 0.5) is 4.79 Å². The molecule has 0 fully saturated rings. The highest BCUT2D eigenvalue weighted by Crippen LogP contribution is 2.25. The molecule has 0 spiro atoms. The van der Waals surface area contributed by atoms with Gasteiger partial charge in [0.25, 0.3) is 5.56 Å². The Morgan fingerprint density at radius 1 is 1.12 bits per heavy atom. The third-order valence-corrected chi connectivity index (χ3v) is 5.72. The van der Waals surface area contributed by atoms with E-state index in [1.54, 1.807) is 22.6 Å². The summed E-state index contributed by atoms with van der Waals surface area (Å²) < 4.78 is 6.90. The molecule has 0 aliphatic rings. The Bertz CT molecular complexity index is 1180. The van der Waals surface area contributed by atoms with E-state index in [1.807, 2.05) is 70.2 Å². The quantitative estimate of drug-likeness (QED) is 0.450. The van der Waals surface area contributed by atoms with Gasteiger partial charge in [0.15, 0.2) is 0 Å². The van der Waals surface area contributed by atoms with E-state index in [0.29, 0.717) is 34.7 Å². The maximum atomic E-state index is 13.7. The van der Waals surface area contributed by atoms with Gasteiger partial charge in [-0.15, -0.1) is 0 Å². The molecule has 0 aliphatic carbocycles. The first kappa shape index (κ1) is 25.3. The van der Waals surface area contributed by atoms with Gasteiger partial charge in [-0.25, -0.2) is 9.78 Å². The summed E-state index contributed by atoms with van der Waals surface area (Å²) in [6.45, 7) is 10.5. The van der Waals surface area contributed by atoms with Crippen LogP contribution >= 0.6 is 0 Å². The molecule has 0 saturated heterocycles. The minimum Gasteiger partial charge on any atom is -0.497 e. The summed E-state index contributed by atoms with van der Waals surface area (Å²) >= 11 is 0. The first-order valence-electron chi connectivity index (χ1n) is 11.9. The summed E-state index contributed by atoms with van der Waals surface area (Å²) in [5, 5.41) is 3.61. The number of fused-ring (bicyclic) bond motifs is 1. The van der Waals surface area contributed by atoms with Gasteiger partial charge in [0.1, 0.15) is 11.6 Å². The average molecular weight is 465 g/mol. The fraction of sp³-hybridized carbons (Fsp3) is 0.444. The van der Waals surface area contributed by atoms with Gasteiger partial charge in [-0.2, -0.15) is 0 Å². The van der Waals surface area contributed by atoms with E-state index in [0.717, 1.165) is 19.3 Å². The molecule has 1 N–H and O–H groups in total. The van der Waals surface area contributed by atoms with E-state index in [-0.39, 0.29) is 17.1 Å². The molecule has 1 atom stereocenters. The molecule has 0 saturated carbocycles. The molecule has 182 valence electrons. The van der Waals surface area contributed by atoms with Crippen molar-refractivity contribution in [2.24, 2.45) is 0 Å². The summed E-state index contributed by atoms with van der Waals surface area (Å²) in [5.74, 6) is 1.22.